The first-order chi connectivity index (χ1) is 10.6. The highest BCUT2D eigenvalue weighted by Gasteiger charge is 2.10. The Balaban J connectivity index is 2.02. The molecule has 0 aromatic heterocycles. The van der Waals surface area contributed by atoms with Crippen molar-refractivity contribution in [2.24, 2.45) is 0 Å². The summed E-state index contributed by atoms with van der Waals surface area (Å²) < 4.78 is 18.7. The van der Waals surface area contributed by atoms with E-state index in [0.717, 1.165) is 11.3 Å². The maximum atomic E-state index is 13.6. The van der Waals surface area contributed by atoms with E-state index in [1.54, 1.807) is 23.9 Å². The number of carbonyl (C=O) groups is 1. The summed E-state index contributed by atoms with van der Waals surface area (Å²) in [6.45, 7) is -0.202. The van der Waals surface area contributed by atoms with Gasteiger partial charge in [0, 0.05) is 11.3 Å². The molecule has 0 N–H and O–H groups in total. The lowest BCUT2D eigenvalue weighted by atomic mass is 10.1. The van der Waals surface area contributed by atoms with E-state index in [0.29, 0.717) is 11.1 Å². The largest absolute Gasteiger partial charge is 0.457 e. The highest BCUT2D eigenvalue weighted by molar-refractivity contribution is 7.97. The van der Waals surface area contributed by atoms with E-state index in [4.69, 9.17) is 10.00 Å². The molecule has 0 spiro atoms. The van der Waals surface area contributed by atoms with Crippen molar-refractivity contribution >= 4 is 17.7 Å². The number of nitrogens with zero attached hydrogens (tertiary/aromatic N) is 1. The van der Waals surface area contributed by atoms with Crippen LogP contribution in [0.25, 0.3) is 0 Å². The van der Waals surface area contributed by atoms with Crippen molar-refractivity contribution in [3.05, 3.63) is 70.5 Å². The molecule has 0 fully saturated rings. The molecule has 0 aliphatic heterocycles. The van der Waals surface area contributed by atoms with Crippen LogP contribution in [0.5, 0.6) is 0 Å². The smallest absolute Gasteiger partial charge is 0.338 e. The Morgan fingerprint density at radius 2 is 2.00 bits per heavy atom. The summed E-state index contributed by atoms with van der Waals surface area (Å²) in [5.74, 6) is -0.138. The van der Waals surface area contributed by atoms with Gasteiger partial charge in [0.25, 0.3) is 0 Å². The van der Waals surface area contributed by atoms with Crippen LogP contribution in [-0.4, -0.2) is 12.2 Å². The number of hydrogen-bond donors (Lipinski definition) is 0. The minimum absolute atomic E-state index is 0.186. The van der Waals surface area contributed by atoms with Gasteiger partial charge in [0.1, 0.15) is 12.4 Å². The Bertz CT molecular complexity index is 708. The second kappa shape index (κ2) is 7.62. The fourth-order valence-electron chi connectivity index (χ4n) is 1.89. The highest BCUT2D eigenvalue weighted by Crippen LogP contribution is 2.14. The van der Waals surface area contributed by atoms with Crippen molar-refractivity contribution in [2.75, 3.05) is 6.26 Å². The number of halogens is 1. The first-order valence-corrected chi connectivity index (χ1v) is 7.97. The molecule has 2 aromatic carbocycles. The SMILES string of the molecule is CSCc1ccc(C(=O)OCc2cc(C#N)ccc2F)cc1. The van der Waals surface area contributed by atoms with Gasteiger partial charge in [-0.2, -0.15) is 17.0 Å². The lowest BCUT2D eigenvalue weighted by molar-refractivity contribution is 0.0469. The molecule has 2 rings (SSSR count). The summed E-state index contributed by atoms with van der Waals surface area (Å²) in [7, 11) is 0. The van der Waals surface area contributed by atoms with Crippen LogP contribution in [0.4, 0.5) is 4.39 Å². The normalized spacial score (nSPS) is 10.0. The van der Waals surface area contributed by atoms with Crippen LogP contribution in [0.15, 0.2) is 42.5 Å². The number of hydrogen-bond acceptors (Lipinski definition) is 4. The lowest BCUT2D eigenvalue weighted by Gasteiger charge is -2.07. The van der Waals surface area contributed by atoms with Gasteiger partial charge < -0.3 is 4.74 Å². The number of nitriles is 1. The van der Waals surface area contributed by atoms with Gasteiger partial charge in [-0.3, -0.25) is 0 Å². The predicted octanol–water partition coefficient (Wildman–Crippen LogP) is 3.92. The highest BCUT2D eigenvalue weighted by atomic mass is 32.2. The number of benzene rings is 2. The Morgan fingerprint density at radius 1 is 1.27 bits per heavy atom. The van der Waals surface area contributed by atoms with Crippen LogP contribution in [-0.2, 0) is 17.1 Å². The molecule has 0 saturated heterocycles. The van der Waals surface area contributed by atoms with Crippen LogP contribution in [0.3, 0.4) is 0 Å². The van der Waals surface area contributed by atoms with Gasteiger partial charge in [0.2, 0.25) is 0 Å². The van der Waals surface area contributed by atoms with E-state index in [1.165, 1.54) is 18.2 Å². The van der Waals surface area contributed by atoms with E-state index >= 15 is 0 Å². The average Bonchev–Trinajstić information content (AvgIpc) is 2.55. The van der Waals surface area contributed by atoms with Gasteiger partial charge in [0.15, 0.2) is 0 Å². The fraction of sp³-hybridized carbons (Fsp3) is 0.176. The fourth-order valence-corrected chi connectivity index (χ4v) is 2.41. The van der Waals surface area contributed by atoms with E-state index in [-0.39, 0.29) is 12.2 Å². The summed E-state index contributed by atoms with van der Waals surface area (Å²) >= 11 is 1.70. The molecule has 0 atom stereocenters. The summed E-state index contributed by atoms with van der Waals surface area (Å²) in [5, 5.41) is 8.80. The molecule has 0 amide bonds. The monoisotopic (exact) mass is 315 g/mol. The van der Waals surface area contributed by atoms with E-state index < -0.39 is 11.8 Å². The molecule has 0 radical (unpaired) electrons. The second-order valence-electron chi connectivity index (χ2n) is 4.62. The minimum atomic E-state index is -0.516. The molecule has 0 heterocycles. The molecule has 2 aromatic rings. The quantitative estimate of drug-likeness (QED) is 0.785. The molecule has 0 aliphatic carbocycles. The summed E-state index contributed by atoms with van der Waals surface area (Å²) in [4.78, 5) is 11.9. The van der Waals surface area contributed by atoms with Crippen LogP contribution in [0.2, 0.25) is 0 Å². The summed E-state index contributed by atoms with van der Waals surface area (Å²) in [5.41, 5.74) is 2.05. The molecule has 22 heavy (non-hydrogen) atoms. The summed E-state index contributed by atoms with van der Waals surface area (Å²) in [6.07, 6.45) is 2.01. The third kappa shape index (κ3) is 4.09. The van der Waals surface area contributed by atoms with E-state index in [2.05, 4.69) is 0 Å². The van der Waals surface area contributed by atoms with Crippen molar-refractivity contribution < 1.29 is 13.9 Å². The van der Waals surface area contributed by atoms with Crippen molar-refractivity contribution in [3.8, 4) is 6.07 Å². The van der Waals surface area contributed by atoms with Gasteiger partial charge in [0.05, 0.1) is 17.2 Å². The van der Waals surface area contributed by atoms with Crippen molar-refractivity contribution in [2.45, 2.75) is 12.4 Å². The zero-order valence-electron chi connectivity index (χ0n) is 12.0. The van der Waals surface area contributed by atoms with Gasteiger partial charge in [-0.25, -0.2) is 9.18 Å². The Hall–Kier alpha value is -2.32. The third-order valence-corrected chi connectivity index (χ3v) is 3.66. The first kappa shape index (κ1) is 16.1. The molecule has 0 bridgehead atoms. The number of esters is 1. The average molecular weight is 315 g/mol. The van der Waals surface area contributed by atoms with E-state index in [9.17, 15) is 9.18 Å². The summed E-state index contributed by atoms with van der Waals surface area (Å²) in [6, 6.07) is 13.0. The molecule has 0 aliphatic rings. The van der Waals surface area contributed by atoms with Crippen LogP contribution in [0, 0.1) is 17.1 Å². The maximum Gasteiger partial charge on any atom is 0.338 e. The Kier molecular flexibility index (Phi) is 5.56. The molecule has 0 unspecified atom stereocenters. The van der Waals surface area contributed by atoms with Crippen molar-refractivity contribution in [1.29, 1.82) is 5.26 Å². The third-order valence-electron chi connectivity index (χ3n) is 3.03. The Morgan fingerprint density at radius 3 is 2.64 bits per heavy atom. The van der Waals surface area contributed by atoms with Crippen LogP contribution in [0.1, 0.15) is 27.0 Å². The van der Waals surface area contributed by atoms with Crippen molar-refractivity contribution in [3.63, 3.8) is 0 Å². The maximum absolute atomic E-state index is 13.6. The number of ether oxygens (including phenoxy) is 1. The van der Waals surface area contributed by atoms with Gasteiger partial charge >= 0.3 is 5.97 Å². The molecule has 3 nitrogen and oxygen atoms in total. The lowest BCUT2D eigenvalue weighted by Crippen LogP contribution is -2.06. The number of thioether (sulfide) groups is 1. The zero-order valence-corrected chi connectivity index (χ0v) is 12.8. The standard InChI is InChI=1S/C17H14FNO2S/c1-22-11-12-2-5-14(6-3-12)17(20)21-10-15-8-13(9-19)4-7-16(15)18/h2-8H,10-11H2,1H3. The van der Waals surface area contributed by atoms with Crippen LogP contribution < -0.4 is 0 Å². The molecule has 112 valence electrons. The topological polar surface area (TPSA) is 50.1 Å². The van der Waals surface area contributed by atoms with Crippen LogP contribution >= 0.6 is 11.8 Å². The minimum Gasteiger partial charge on any atom is -0.457 e. The van der Waals surface area contributed by atoms with Gasteiger partial charge in [-0.1, -0.05) is 12.1 Å². The molecule has 5 heteroatoms. The van der Waals surface area contributed by atoms with Crippen molar-refractivity contribution in [1.82, 2.24) is 0 Å². The van der Waals surface area contributed by atoms with Gasteiger partial charge in [-0.05, 0) is 42.2 Å². The number of carbonyl (C=O) groups excluding carboxylic acids is 1. The van der Waals surface area contributed by atoms with Gasteiger partial charge in [-0.15, -0.1) is 0 Å². The molecular formula is C17H14FNO2S. The molecule has 0 saturated carbocycles. The second-order valence-corrected chi connectivity index (χ2v) is 5.49. The predicted molar refractivity (Wildman–Crippen MR) is 83.9 cm³/mol. The molecular weight excluding hydrogens is 301 g/mol. The van der Waals surface area contributed by atoms with E-state index in [1.807, 2.05) is 24.5 Å². The zero-order chi connectivity index (χ0) is 15.9. The Labute approximate surface area is 132 Å². The first-order valence-electron chi connectivity index (χ1n) is 6.57. The number of rotatable bonds is 5.